The Morgan fingerprint density at radius 2 is 1.92 bits per heavy atom. The molecule has 0 aromatic carbocycles. The number of hydrogen-bond acceptors (Lipinski definition) is 6. The van der Waals surface area contributed by atoms with E-state index in [0.717, 1.165) is 0 Å². The number of carbonyl (C=O) groups is 2. The van der Waals surface area contributed by atoms with E-state index in [1.54, 1.807) is 6.92 Å². The molecule has 1 amide bonds. The van der Waals surface area contributed by atoms with Gasteiger partial charge in [0.25, 0.3) is 0 Å². The van der Waals surface area contributed by atoms with Crippen molar-refractivity contribution in [2.75, 3.05) is 26.2 Å². The second kappa shape index (κ2) is 9.09. The Hall–Kier alpha value is 0.01000. The van der Waals surface area contributed by atoms with Crippen molar-refractivity contribution in [3.63, 3.8) is 0 Å². The molecule has 1 fully saturated rings. The van der Waals surface area contributed by atoms with Crippen LogP contribution in [0.15, 0.2) is 0 Å². The third-order valence-electron chi connectivity index (χ3n) is 3.68. The van der Waals surface area contributed by atoms with Crippen LogP contribution in [-0.2, 0) is 23.7 Å². The number of rotatable bonds is 8. The van der Waals surface area contributed by atoms with E-state index in [-0.39, 0.29) is 11.9 Å². The van der Waals surface area contributed by atoms with Gasteiger partial charge in [0.05, 0.1) is 11.2 Å². The summed E-state index contributed by atoms with van der Waals surface area (Å²) in [7, 11) is 3.02. The maximum absolute atomic E-state index is 11.8. The van der Waals surface area contributed by atoms with Crippen LogP contribution in [0.4, 0.5) is 4.79 Å². The lowest BCUT2D eigenvalue weighted by molar-refractivity contribution is -0.203. The Kier molecular flexibility index (Phi) is 8.36. The fraction of sp³-hybridized carbons (Fsp3) is 0.846. The minimum Gasteiger partial charge on any atom is -0.430 e. The average Bonchev–Trinajstić information content (AvgIpc) is 2.48. The Morgan fingerprint density at radius 3 is 2.33 bits per heavy atom. The molecule has 1 heterocycles. The molecule has 0 saturated carbocycles. The summed E-state index contributed by atoms with van der Waals surface area (Å²) in [5, 5.41) is 3.16. The molecule has 7 nitrogen and oxygen atoms in total. The van der Waals surface area contributed by atoms with Crippen molar-refractivity contribution < 1.29 is 28.5 Å². The topological polar surface area (TPSA) is 83.1 Å². The van der Waals surface area contributed by atoms with Gasteiger partial charge in [0.15, 0.2) is 5.79 Å². The Balaban J connectivity index is 2.60. The van der Waals surface area contributed by atoms with Gasteiger partial charge in [-0.15, -0.1) is 0 Å². The molecular formula is C13H19BrCl3NO6. The van der Waals surface area contributed by atoms with Gasteiger partial charge in [-0.05, 0) is 6.92 Å². The van der Waals surface area contributed by atoms with E-state index in [1.807, 2.05) is 0 Å². The van der Waals surface area contributed by atoms with Gasteiger partial charge in [0.2, 0.25) is 9.70 Å². The Bertz CT molecular complexity index is 449. The summed E-state index contributed by atoms with van der Waals surface area (Å²) in [6, 6.07) is -0.286. The number of ether oxygens (including phenoxy) is 4. The average molecular weight is 472 g/mol. The fourth-order valence-electron chi connectivity index (χ4n) is 2.32. The second-order valence-corrected chi connectivity index (χ2v) is 8.35. The monoisotopic (exact) mass is 469 g/mol. The first-order chi connectivity index (χ1) is 11.1. The van der Waals surface area contributed by atoms with Crippen molar-refractivity contribution in [3.05, 3.63) is 0 Å². The van der Waals surface area contributed by atoms with E-state index in [9.17, 15) is 9.59 Å². The maximum Gasteiger partial charge on any atom is 0.508 e. The normalized spacial score (nSPS) is 22.4. The molecule has 0 radical (unpaired) electrons. The summed E-state index contributed by atoms with van der Waals surface area (Å²) >= 11 is 19.8. The standard InChI is InChI=1S/C13H19BrCl3NO6/c1-7(24-11(20)23-6-13(15,16)17)9-8(18-10(9)19)4-12(5-14,21-2)22-3/h7-9H,4-6H2,1-3H3,(H,18,19). The van der Waals surface area contributed by atoms with Crippen LogP contribution in [0.2, 0.25) is 0 Å². The van der Waals surface area contributed by atoms with E-state index < -0.39 is 34.4 Å². The van der Waals surface area contributed by atoms with Gasteiger partial charge in [0.1, 0.15) is 12.7 Å². The van der Waals surface area contributed by atoms with Gasteiger partial charge in [-0.1, -0.05) is 50.7 Å². The van der Waals surface area contributed by atoms with Crippen LogP contribution in [0.25, 0.3) is 0 Å². The number of alkyl halides is 4. The predicted octanol–water partition coefficient (Wildman–Crippen LogP) is 2.79. The zero-order valence-electron chi connectivity index (χ0n) is 13.3. The molecule has 3 atom stereocenters. The number of methoxy groups -OCH3 is 2. The van der Waals surface area contributed by atoms with Crippen molar-refractivity contribution in [3.8, 4) is 0 Å². The molecule has 1 saturated heterocycles. The van der Waals surface area contributed by atoms with Gasteiger partial charge in [-0.25, -0.2) is 4.79 Å². The molecule has 0 aromatic rings. The van der Waals surface area contributed by atoms with E-state index in [1.165, 1.54) is 14.2 Å². The first-order valence-electron chi connectivity index (χ1n) is 6.94. The molecule has 24 heavy (non-hydrogen) atoms. The minimum atomic E-state index is -1.73. The first-order valence-corrected chi connectivity index (χ1v) is 9.20. The van der Waals surface area contributed by atoms with Gasteiger partial charge in [-0.3, -0.25) is 4.79 Å². The lowest BCUT2D eigenvalue weighted by Gasteiger charge is -2.43. The largest absolute Gasteiger partial charge is 0.508 e. The van der Waals surface area contributed by atoms with Crippen LogP contribution >= 0.6 is 50.7 Å². The van der Waals surface area contributed by atoms with Crippen LogP contribution in [0.5, 0.6) is 0 Å². The highest BCUT2D eigenvalue weighted by Crippen LogP contribution is 2.31. The highest BCUT2D eigenvalue weighted by atomic mass is 79.9. The molecule has 1 rings (SSSR count). The maximum atomic E-state index is 11.8. The molecule has 140 valence electrons. The number of β-lactam (4-membered cyclic amide) rings is 1. The van der Waals surface area contributed by atoms with Crippen molar-refractivity contribution in [1.29, 1.82) is 0 Å². The molecule has 1 aliphatic rings. The quantitative estimate of drug-likeness (QED) is 0.254. The van der Waals surface area contributed by atoms with E-state index in [4.69, 9.17) is 49.0 Å². The summed E-state index contributed by atoms with van der Waals surface area (Å²) in [5.41, 5.74) is 0. The number of nitrogens with one attached hydrogen (secondary N) is 1. The van der Waals surface area contributed by atoms with Gasteiger partial charge >= 0.3 is 6.16 Å². The minimum absolute atomic E-state index is 0.239. The number of halogens is 4. The first kappa shape index (κ1) is 22.1. The van der Waals surface area contributed by atoms with Crippen LogP contribution in [0.3, 0.4) is 0 Å². The van der Waals surface area contributed by atoms with E-state index >= 15 is 0 Å². The summed E-state index contributed by atoms with van der Waals surface area (Å²) < 4.78 is 18.8. The molecular weight excluding hydrogens is 452 g/mol. The summed E-state index contributed by atoms with van der Waals surface area (Å²) in [5.74, 6) is -1.70. The van der Waals surface area contributed by atoms with Crippen LogP contribution in [0, 0.1) is 5.92 Å². The van der Waals surface area contributed by atoms with E-state index in [2.05, 4.69) is 26.0 Å². The van der Waals surface area contributed by atoms with Crippen LogP contribution in [-0.4, -0.2) is 59.9 Å². The summed E-state index contributed by atoms with van der Waals surface area (Å²) in [6.45, 7) is 1.13. The molecule has 11 heteroatoms. The molecule has 3 unspecified atom stereocenters. The highest BCUT2D eigenvalue weighted by Gasteiger charge is 2.48. The number of hydrogen-bond donors (Lipinski definition) is 1. The molecule has 0 aliphatic carbocycles. The lowest BCUT2D eigenvalue weighted by atomic mass is 9.82. The lowest BCUT2D eigenvalue weighted by Crippen LogP contribution is -2.65. The molecule has 1 N–H and O–H groups in total. The van der Waals surface area contributed by atoms with Crippen molar-refractivity contribution >= 4 is 62.8 Å². The molecule has 1 aliphatic heterocycles. The predicted molar refractivity (Wildman–Crippen MR) is 92.8 cm³/mol. The summed E-state index contributed by atoms with van der Waals surface area (Å²) in [6.07, 6.45) is -1.37. The van der Waals surface area contributed by atoms with E-state index in [0.29, 0.717) is 11.8 Å². The van der Waals surface area contributed by atoms with Gasteiger partial charge in [0, 0.05) is 26.7 Å². The van der Waals surface area contributed by atoms with Crippen LogP contribution < -0.4 is 5.32 Å². The molecule has 0 spiro atoms. The fourth-order valence-corrected chi connectivity index (χ4v) is 3.17. The SMILES string of the molecule is COC(CBr)(CC1NC(=O)C1C(C)OC(=O)OCC(Cl)(Cl)Cl)OC. The van der Waals surface area contributed by atoms with Crippen LogP contribution in [0.1, 0.15) is 13.3 Å². The summed E-state index contributed by atoms with van der Waals surface area (Å²) in [4.78, 5) is 23.4. The van der Waals surface area contributed by atoms with Crippen molar-refractivity contribution in [1.82, 2.24) is 5.32 Å². The van der Waals surface area contributed by atoms with Crippen molar-refractivity contribution in [2.45, 2.75) is 35.1 Å². The highest BCUT2D eigenvalue weighted by molar-refractivity contribution is 9.09. The zero-order valence-corrected chi connectivity index (χ0v) is 17.2. The zero-order chi connectivity index (χ0) is 18.5. The second-order valence-electron chi connectivity index (χ2n) is 5.27. The Morgan fingerprint density at radius 1 is 1.33 bits per heavy atom. The molecule has 0 aromatic heterocycles. The number of amides is 1. The third-order valence-corrected chi connectivity index (χ3v) is 4.87. The Labute approximate surface area is 163 Å². The van der Waals surface area contributed by atoms with Gasteiger partial charge in [-0.2, -0.15) is 0 Å². The van der Waals surface area contributed by atoms with Gasteiger partial charge < -0.3 is 24.3 Å². The van der Waals surface area contributed by atoms with Crippen molar-refractivity contribution in [2.24, 2.45) is 5.92 Å². The molecule has 0 bridgehead atoms. The smallest absolute Gasteiger partial charge is 0.430 e. The number of carbonyl (C=O) groups excluding carboxylic acids is 2. The third kappa shape index (κ3) is 6.07.